The van der Waals surface area contributed by atoms with Gasteiger partial charge in [0, 0.05) is 24.2 Å². The number of carbonyl (C=O) groups is 1. The van der Waals surface area contributed by atoms with E-state index < -0.39 is 12.0 Å². The summed E-state index contributed by atoms with van der Waals surface area (Å²) in [6.45, 7) is 4.30. The number of Topliss-reactive ketones (excluding diaryl/α,β-unsaturated/α-hetero) is 1. The van der Waals surface area contributed by atoms with Crippen molar-refractivity contribution in [2.45, 2.75) is 52.1 Å². The van der Waals surface area contributed by atoms with Crippen molar-refractivity contribution in [3.8, 4) is 34.5 Å². The van der Waals surface area contributed by atoms with Crippen LogP contribution in [0.2, 0.25) is 0 Å². The second-order valence-electron chi connectivity index (χ2n) is 13.0. The lowest BCUT2D eigenvalue weighted by Gasteiger charge is -2.23. The molecule has 0 aliphatic carbocycles. The number of nitrogens with zero attached hydrogens (tertiary/aromatic N) is 1. The summed E-state index contributed by atoms with van der Waals surface area (Å²) in [5, 5.41) is 57.1. The van der Waals surface area contributed by atoms with Crippen LogP contribution in [0.25, 0.3) is 10.8 Å². The van der Waals surface area contributed by atoms with Crippen molar-refractivity contribution >= 4 is 28.1 Å². The molecule has 4 aromatic carbocycles. The number of methoxy groups -OCH3 is 1. The molecule has 10 nitrogen and oxygen atoms in total. The normalized spacial score (nSPS) is 12.5. The zero-order chi connectivity index (χ0) is 35.8. The highest BCUT2D eigenvalue weighted by molar-refractivity contribution is 5.87. The van der Waals surface area contributed by atoms with E-state index in [0.717, 1.165) is 27.6 Å². The maximum Gasteiger partial charge on any atom is 0.200 e. The molecule has 0 amide bonds. The van der Waals surface area contributed by atoms with Crippen LogP contribution in [0.5, 0.6) is 34.5 Å². The molecule has 0 saturated carbocycles. The molecule has 0 saturated heterocycles. The average Bonchev–Trinajstić information content (AvgIpc) is 3.10. The lowest BCUT2D eigenvalue weighted by atomic mass is 9.85. The summed E-state index contributed by atoms with van der Waals surface area (Å²) < 4.78 is 10.9. The molecular formula is C40H44N2O8. The van der Waals surface area contributed by atoms with Crippen LogP contribution in [-0.2, 0) is 24.1 Å². The number of carbonyl (C=O) groups excluding carboxylic acids is 1. The number of phenols is 4. The first-order chi connectivity index (χ1) is 24.0. The number of pyridine rings is 1. The van der Waals surface area contributed by atoms with Gasteiger partial charge < -0.3 is 40.3 Å². The number of aliphatic hydroxyl groups is 1. The van der Waals surface area contributed by atoms with E-state index in [2.05, 4.69) is 10.3 Å². The van der Waals surface area contributed by atoms with Crippen molar-refractivity contribution in [2.24, 2.45) is 11.8 Å². The monoisotopic (exact) mass is 680 g/mol. The quantitative estimate of drug-likeness (QED) is 0.0588. The minimum absolute atomic E-state index is 0.0213. The minimum atomic E-state index is -0.984. The number of aromatic hydroxyl groups is 4. The summed E-state index contributed by atoms with van der Waals surface area (Å²) in [6, 6.07) is 22.7. The van der Waals surface area contributed by atoms with Crippen LogP contribution in [0.3, 0.4) is 0 Å². The van der Waals surface area contributed by atoms with Crippen LogP contribution in [0, 0.1) is 11.8 Å². The molecule has 50 heavy (non-hydrogen) atoms. The van der Waals surface area contributed by atoms with Crippen molar-refractivity contribution in [1.82, 2.24) is 4.98 Å². The van der Waals surface area contributed by atoms with Gasteiger partial charge in [0.25, 0.3) is 0 Å². The van der Waals surface area contributed by atoms with Gasteiger partial charge in [-0.25, -0.2) is 4.98 Å². The van der Waals surface area contributed by atoms with E-state index >= 15 is 0 Å². The fraction of sp³-hybridized carbons (Fsp3) is 0.300. The van der Waals surface area contributed by atoms with Gasteiger partial charge in [-0.15, -0.1) is 0 Å². The maximum absolute atomic E-state index is 13.9. The topological polar surface area (TPSA) is 162 Å². The number of anilines is 2. The molecule has 2 unspecified atom stereocenters. The first-order valence-electron chi connectivity index (χ1n) is 16.7. The molecule has 6 N–H and O–H groups in total. The fourth-order valence-corrected chi connectivity index (χ4v) is 5.85. The van der Waals surface area contributed by atoms with E-state index in [1.54, 1.807) is 42.6 Å². The Balaban J connectivity index is 1.34. The number of aliphatic hydroxyl groups excluding tert-OH is 1. The predicted molar refractivity (Wildman–Crippen MR) is 193 cm³/mol. The molecule has 0 aliphatic heterocycles. The molecule has 5 aromatic rings. The highest BCUT2D eigenvalue weighted by Crippen LogP contribution is 2.37. The molecule has 10 heteroatoms. The lowest BCUT2D eigenvalue weighted by molar-refractivity contribution is -0.126. The largest absolute Gasteiger partial charge is 0.508 e. The molecule has 1 aromatic heterocycles. The number of fused-ring (bicyclic) bond motifs is 1. The Morgan fingerprint density at radius 2 is 1.56 bits per heavy atom. The van der Waals surface area contributed by atoms with E-state index in [0.29, 0.717) is 36.6 Å². The van der Waals surface area contributed by atoms with Crippen molar-refractivity contribution in [3.63, 3.8) is 0 Å². The smallest absolute Gasteiger partial charge is 0.200 e. The number of aryl methyl sites for hydroxylation is 2. The zero-order valence-corrected chi connectivity index (χ0v) is 28.5. The summed E-state index contributed by atoms with van der Waals surface area (Å²) in [7, 11) is 1.47. The van der Waals surface area contributed by atoms with Crippen LogP contribution >= 0.6 is 0 Å². The Labute approximate surface area is 291 Å². The van der Waals surface area contributed by atoms with Gasteiger partial charge in [-0.1, -0.05) is 32.0 Å². The van der Waals surface area contributed by atoms with Crippen molar-refractivity contribution in [2.75, 3.05) is 19.0 Å². The molecular weight excluding hydrogens is 636 g/mol. The van der Waals surface area contributed by atoms with E-state index in [4.69, 9.17) is 9.47 Å². The lowest BCUT2D eigenvalue weighted by Crippen LogP contribution is -2.31. The molecule has 0 fully saturated rings. The van der Waals surface area contributed by atoms with Gasteiger partial charge >= 0.3 is 0 Å². The fourth-order valence-electron chi connectivity index (χ4n) is 5.85. The van der Waals surface area contributed by atoms with Gasteiger partial charge in [-0.2, -0.15) is 0 Å². The van der Waals surface area contributed by atoms with Gasteiger partial charge in [0.2, 0.25) is 5.75 Å². The highest BCUT2D eigenvalue weighted by atomic mass is 16.5. The first kappa shape index (κ1) is 35.8. The number of nitrogens with one attached hydrogen (secondary N) is 1. The Morgan fingerprint density at radius 3 is 2.34 bits per heavy atom. The van der Waals surface area contributed by atoms with E-state index in [1.165, 1.54) is 13.2 Å². The Bertz CT molecular complexity index is 1940. The van der Waals surface area contributed by atoms with E-state index in [-0.39, 0.29) is 59.7 Å². The van der Waals surface area contributed by atoms with Crippen LogP contribution < -0.4 is 14.8 Å². The van der Waals surface area contributed by atoms with Gasteiger partial charge in [0.05, 0.1) is 19.8 Å². The molecule has 0 aliphatic rings. The zero-order valence-electron chi connectivity index (χ0n) is 28.5. The number of hydrogen-bond donors (Lipinski definition) is 6. The van der Waals surface area contributed by atoms with Gasteiger partial charge in [0.1, 0.15) is 17.4 Å². The molecule has 5 rings (SSSR count). The molecule has 1 heterocycles. The van der Waals surface area contributed by atoms with E-state index in [9.17, 15) is 30.3 Å². The van der Waals surface area contributed by atoms with Gasteiger partial charge in [0.15, 0.2) is 23.0 Å². The summed E-state index contributed by atoms with van der Waals surface area (Å²) in [4.78, 5) is 18.4. The summed E-state index contributed by atoms with van der Waals surface area (Å²) in [6.07, 6.45) is 2.04. The summed E-state index contributed by atoms with van der Waals surface area (Å²) >= 11 is 0. The maximum atomic E-state index is 13.9. The third kappa shape index (κ3) is 9.35. The Morgan fingerprint density at radius 1 is 0.800 bits per heavy atom. The van der Waals surface area contributed by atoms with Crippen LogP contribution in [0.1, 0.15) is 43.4 Å². The molecule has 0 radical (unpaired) electrons. The van der Waals surface area contributed by atoms with Crippen LogP contribution in [0.4, 0.5) is 11.5 Å². The van der Waals surface area contributed by atoms with E-state index in [1.807, 2.05) is 50.2 Å². The average molecular weight is 681 g/mol. The molecule has 0 bridgehead atoms. The van der Waals surface area contributed by atoms with Crippen molar-refractivity contribution in [3.05, 3.63) is 102 Å². The molecule has 2 atom stereocenters. The van der Waals surface area contributed by atoms with Crippen molar-refractivity contribution < 1.29 is 39.8 Å². The Hall–Kier alpha value is -5.48. The third-order valence-corrected chi connectivity index (χ3v) is 8.57. The van der Waals surface area contributed by atoms with Crippen LogP contribution in [-0.4, -0.2) is 56.1 Å². The van der Waals surface area contributed by atoms with Crippen LogP contribution in [0.15, 0.2) is 85.1 Å². The first-order valence-corrected chi connectivity index (χ1v) is 16.7. The summed E-state index contributed by atoms with van der Waals surface area (Å²) in [5.74, 6) is -0.0767. The van der Waals surface area contributed by atoms with Gasteiger partial charge in [-0.05, 0) is 120 Å². The number of ketones is 1. The number of ether oxygens (including phenoxy) is 2. The highest BCUT2D eigenvalue weighted by Gasteiger charge is 2.27. The number of benzene rings is 4. The molecule has 262 valence electrons. The number of phenolic OH excluding ortho intramolecular Hbond substituents is 4. The minimum Gasteiger partial charge on any atom is -0.508 e. The van der Waals surface area contributed by atoms with Gasteiger partial charge in [-0.3, -0.25) is 4.79 Å². The second-order valence-corrected chi connectivity index (χ2v) is 13.0. The summed E-state index contributed by atoms with van der Waals surface area (Å²) in [5.41, 5.74) is 3.08. The molecule has 0 spiro atoms. The Kier molecular flexibility index (Phi) is 11.7. The predicted octanol–water partition coefficient (Wildman–Crippen LogP) is 7.20. The SMILES string of the molecule is COc1cc(CCC(O)C(Cc2ccnc(Nc3ccc4cc(O)ccc4c3)c2)C(=O)CCc2cc(O)c(O)c(OCC(C)C)c2)ccc1O. The number of hydrogen-bond acceptors (Lipinski definition) is 10. The number of aromatic nitrogens is 1. The number of rotatable bonds is 16. The van der Waals surface area contributed by atoms with Crippen molar-refractivity contribution in [1.29, 1.82) is 0 Å². The standard InChI is InChI=1S/C40H44N2O8/c1-24(2)23-50-38-19-26(17-36(47)40(38)48)6-12-34(45)32(33(44)11-4-25-5-13-35(46)37(18-25)49-3)16-27-14-15-41-39(20-27)42-30-9-7-29-22-31(43)10-8-28(29)21-30/h5,7-10,13-15,17-22,24,32-33,43-44,46-48H,4,6,11-12,16,23H2,1-3H3,(H,41,42). The second kappa shape index (κ2) is 16.3. The third-order valence-electron chi connectivity index (χ3n) is 8.57.